The highest BCUT2D eigenvalue weighted by Crippen LogP contribution is 2.47. The SMILES string of the molecule is C[C@@H](OCC1(c2ccccc2)CCC(C(=O)CO)(n2cn[nH]c2=O)CC1)c1cc(C(F)(F)F)cc(C(F)(F)F)c1. The summed E-state index contributed by atoms with van der Waals surface area (Å²) in [6, 6.07) is 10.4. The smallest absolute Gasteiger partial charge is 0.388 e. The number of aromatic amines is 1. The number of halogens is 6. The maximum atomic E-state index is 13.4. The first-order chi connectivity index (χ1) is 18.7. The molecular weight excluding hydrogens is 544 g/mol. The molecule has 0 bridgehead atoms. The second-order valence-corrected chi connectivity index (χ2v) is 10.1. The van der Waals surface area contributed by atoms with Crippen LogP contribution in [-0.4, -0.2) is 38.9 Å². The Morgan fingerprint density at radius 3 is 2.08 bits per heavy atom. The predicted octanol–water partition coefficient (Wildman–Crippen LogP) is 5.16. The molecule has 1 saturated carbocycles. The minimum Gasteiger partial charge on any atom is -0.388 e. The van der Waals surface area contributed by atoms with E-state index < -0.39 is 58.6 Å². The lowest BCUT2D eigenvalue weighted by atomic mass is 9.63. The number of H-pyrrole nitrogens is 1. The third-order valence-corrected chi connectivity index (χ3v) is 7.79. The minimum absolute atomic E-state index is 0.0678. The number of nitrogens with one attached hydrogen (secondary N) is 1. The van der Waals surface area contributed by atoms with Crippen LogP contribution in [0.15, 0.2) is 59.7 Å². The summed E-state index contributed by atoms with van der Waals surface area (Å²) in [5, 5.41) is 15.6. The van der Waals surface area contributed by atoms with Crippen molar-refractivity contribution in [3.63, 3.8) is 0 Å². The Hall–Kier alpha value is -3.45. The molecule has 1 atom stereocenters. The van der Waals surface area contributed by atoms with Gasteiger partial charge in [0.15, 0.2) is 5.78 Å². The molecule has 0 unspecified atom stereocenters. The average molecular weight is 572 g/mol. The first kappa shape index (κ1) is 29.5. The molecule has 0 saturated heterocycles. The normalized spacial score (nSPS) is 22.7. The van der Waals surface area contributed by atoms with Gasteiger partial charge < -0.3 is 9.84 Å². The van der Waals surface area contributed by atoms with E-state index in [1.807, 2.05) is 12.1 Å². The van der Waals surface area contributed by atoms with Crippen molar-refractivity contribution in [2.24, 2.45) is 0 Å². The molecule has 0 spiro atoms. The highest BCUT2D eigenvalue weighted by atomic mass is 19.4. The maximum absolute atomic E-state index is 13.4. The van der Waals surface area contributed by atoms with Crippen LogP contribution < -0.4 is 5.69 Å². The third-order valence-electron chi connectivity index (χ3n) is 7.79. The molecule has 7 nitrogen and oxygen atoms in total. The van der Waals surface area contributed by atoms with Crippen LogP contribution in [0.4, 0.5) is 26.3 Å². The first-order valence-electron chi connectivity index (χ1n) is 12.5. The summed E-state index contributed by atoms with van der Waals surface area (Å²) in [5.74, 6) is -0.574. The second kappa shape index (κ2) is 10.8. The third kappa shape index (κ3) is 5.71. The molecule has 1 aromatic heterocycles. The summed E-state index contributed by atoms with van der Waals surface area (Å²) in [6.45, 7) is 0.488. The average Bonchev–Trinajstić information content (AvgIpc) is 3.37. The Morgan fingerprint density at radius 2 is 1.60 bits per heavy atom. The highest BCUT2D eigenvalue weighted by Gasteiger charge is 2.49. The van der Waals surface area contributed by atoms with E-state index in [1.54, 1.807) is 18.2 Å². The van der Waals surface area contributed by atoms with Crippen molar-refractivity contribution in [1.29, 1.82) is 0 Å². The maximum Gasteiger partial charge on any atom is 0.416 e. The second-order valence-electron chi connectivity index (χ2n) is 10.1. The molecule has 0 aliphatic heterocycles. The Balaban J connectivity index is 1.65. The molecule has 2 N–H and O–H groups in total. The van der Waals surface area contributed by atoms with Crippen LogP contribution in [0.25, 0.3) is 0 Å². The van der Waals surface area contributed by atoms with Crippen LogP contribution in [0.2, 0.25) is 0 Å². The number of Topliss-reactive ketones (excluding diaryl/α,β-unsaturated/α-hetero) is 1. The van der Waals surface area contributed by atoms with E-state index in [2.05, 4.69) is 10.2 Å². The number of alkyl halides is 6. The van der Waals surface area contributed by atoms with Crippen molar-refractivity contribution in [3.05, 3.63) is 87.6 Å². The lowest BCUT2D eigenvalue weighted by Gasteiger charge is -2.46. The van der Waals surface area contributed by atoms with E-state index in [1.165, 1.54) is 13.3 Å². The molecule has 1 aliphatic carbocycles. The largest absolute Gasteiger partial charge is 0.416 e. The topological polar surface area (TPSA) is 97.2 Å². The molecule has 40 heavy (non-hydrogen) atoms. The summed E-state index contributed by atoms with van der Waals surface area (Å²) in [4.78, 5) is 25.3. The van der Waals surface area contributed by atoms with Gasteiger partial charge in [-0.05, 0) is 61.9 Å². The van der Waals surface area contributed by atoms with E-state index in [0.717, 1.165) is 10.1 Å². The van der Waals surface area contributed by atoms with Gasteiger partial charge >= 0.3 is 18.0 Å². The molecule has 1 fully saturated rings. The zero-order valence-corrected chi connectivity index (χ0v) is 21.4. The van der Waals surface area contributed by atoms with Gasteiger partial charge in [0.25, 0.3) is 0 Å². The quantitative estimate of drug-likeness (QED) is 0.365. The van der Waals surface area contributed by atoms with Crippen molar-refractivity contribution < 1.29 is 41.0 Å². The van der Waals surface area contributed by atoms with Gasteiger partial charge in [0.2, 0.25) is 0 Å². The van der Waals surface area contributed by atoms with Crippen molar-refractivity contribution in [3.8, 4) is 0 Å². The zero-order chi connectivity index (χ0) is 29.3. The van der Waals surface area contributed by atoms with Gasteiger partial charge in [0, 0.05) is 5.41 Å². The van der Waals surface area contributed by atoms with Crippen molar-refractivity contribution in [2.45, 2.75) is 62.0 Å². The number of aromatic nitrogens is 3. The molecule has 1 heterocycles. The summed E-state index contributed by atoms with van der Waals surface area (Å²) < 4.78 is 87.4. The number of carbonyl (C=O) groups is 1. The van der Waals surface area contributed by atoms with Crippen LogP contribution in [-0.2, 0) is 32.8 Å². The Bertz CT molecular complexity index is 1360. The van der Waals surface area contributed by atoms with Gasteiger partial charge in [-0.25, -0.2) is 9.89 Å². The highest BCUT2D eigenvalue weighted by molar-refractivity contribution is 5.87. The van der Waals surface area contributed by atoms with Crippen molar-refractivity contribution >= 4 is 5.78 Å². The monoisotopic (exact) mass is 571 g/mol. The number of aliphatic hydroxyl groups excluding tert-OH is 1. The molecule has 2 aromatic carbocycles. The van der Waals surface area contributed by atoms with E-state index in [9.17, 15) is 41.0 Å². The lowest BCUT2D eigenvalue weighted by molar-refractivity contribution is -0.143. The standard InChI is InChI=1S/C27H27F6N3O4/c1-17(18-11-20(26(28,29)30)13-21(12-18)27(31,32)33)40-15-24(19-5-3-2-4-6-19)7-9-25(10-8-24,22(38)14-37)36-16-34-35-23(36)39/h2-6,11-13,16-17,37H,7-10,14-15H2,1H3,(H,35,39)/t17-,24?,25?/m1/s1. The lowest BCUT2D eigenvalue weighted by Crippen LogP contribution is -2.53. The van der Waals surface area contributed by atoms with Gasteiger partial charge in [-0.2, -0.15) is 31.4 Å². The number of benzene rings is 2. The first-order valence-corrected chi connectivity index (χ1v) is 12.5. The van der Waals surface area contributed by atoms with Crippen LogP contribution in [0.1, 0.15) is 61.0 Å². The summed E-state index contributed by atoms with van der Waals surface area (Å²) in [5.41, 5.74) is -5.11. The summed E-state index contributed by atoms with van der Waals surface area (Å²) in [7, 11) is 0. The Labute approximate surface area is 224 Å². The van der Waals surface area contributed by atoms with E-state index in [4.69, 9.17) is 4.74 Å². The molecule has 0 radical (unpaired) electrons. The number of nitrogens with zero attached hydrogens (tertiary/aromatic N) is 2. The fourth-order valence-corrected chi connectivity index (χ4v) is 5.40. The number of carbonyl (C=O) groups excluding carboxylic acids is 1. The van der Waals surface area contributed by atoms with E-state index in [0.29, 0.717) is 12.1 Å². The number of ketones is 1. The molecule has 4 rings (SSSR count). The van der Waals surface area contributed by atoms with Gasteiger partial charge in [-0.3, -0.25) is 9.36 Å². The Morgan fingerprint density at radius 1 is 1.02 bits per heavy atom. The summed E-state index contributed by atoms with van der Waals surface area (Å²) in [6.07, 6.45) is -9.16. The van der Waals surface area contributed by atoms with Gasteiger partial charge in [-0.1, -0.05) is 30.3 Å². The minimum atomic E-state index is -4.99. The predicted molar refractivity (Wildman–Crippen MR) is 130 cm³/mol. The van der Waals surface area contributed by atoms with Crippen LogP contribution >= 0.6 is 0 Å². The van der Waals surface area contributed by atoms with E-state index in [-0.39, 0.29) is 43.9 Å². The van der Waals surface area contributed by atoms with Crippen LogP contribution in [0.5, 0.6) is 0 Å². The van der Waals surface area contributed by atoms with Gasteiger partial charge in [0.1, 0.15) is 18.5 Å². The molecule has 1 aliphatic rings. The van der Waals surface area contributed by atoms with Crippen molar-refractivity contribution in [1.82, 2.24) is 14.8 Å². The van der Waals surface area contributed by atoms with Crippen molar-refractivity contribution in [2.75, 3.05) is 13.2 Å². The fraction of sp³-hybridized carbons (Fsp3) is 0.444. The number of hydrogen-bond donors (Lipinski definition) is 2. The van der Waals surface area contributed by atoms with Crippen LogP contribution in [0, 0.1) is 0 Å². The van der Waals surface area contributed by atoms with Crippen LogP contribution in [0.3, 0.4) is 0 Å². The molecular formula is C27H27F6N3O4. The molecule has 0 amide bonds. The number of aliphatic hydroxyl groups is 1. The van der Waals surface area contributed by atoms with E-state index >= 15 is 0 Å². The summed E-state index contributed by atoms with van der Waals surface area (Å²) >= 11 is 0. The number of rotatable bonds is 8. The molecule has 216 valence electrons. The zero-order valence-electron chi connectivity index (χ0n) is 21.4. The Kier molecular flexibility index (Phi) is 8.01. The molecule has 13 heteroatoms. The fourth-order valence-electron chi connectivity index (χ4n) is 5.40. The number of ether oxygens (including phenoxy) is 1. The molecule has 3 aromatic rings. The van der Waals surface area contributed by atoms with Gasteiger partial charge in [-0.15, -0.1) is 0 Å². The number of hydrogen-bond acceptors (Lipinski definition) is 5. The van der Waals surface area contributed by atoms with Gasteiger partial charge in [0.05, 0.1) is 23.8 Å².